The Bertz CT molecular complexity index is 460. The Hall–Kier alpha value is -1.90. The molecule has 0 spiro atoms. The second-order valence-corrected chi connectivity index (χ2v) is 3.99. The molecule has 0 aliphatic heterocycles. The van der Waals surface area contributed by atoms with E-state index in [0.29, 0.717) is 5.95 Å². The van der Waals surface area contributed by atoms with Gasteiger partial charge in [-0.2, -0.15) is 0 Å². The highest BCUT2D eigenvalue weighted by molar-refractivity contribution is 5.62. The van der Waals surface area contributed by atoms with Gasteiger partial charge in [-0.1, -0.05) is 37.6 Å². The number of nitrogens with one attached hydrogen (secondary N) is 1. The van der Waals surface area contributed by atoms with E-state index < -0.39 is 0 Å². The van der Waals surface area contributed by atoms with Crippen molar-refractivity contribution in [3.63, 3.8) is 0 Å². The Morgan fingerprint density at radius 3 is 2.18 bits per heavy atom. The number of nitrogens with zero attached hydrogens (tertiary/aromatic N) is 2. The molecule has 88 valence electrons. The standard InChI is InChI=1S/C14H17N3/c1-3-4-11-5-7-12(8-6-11)13-9-16-14(15-2)17-10-13/h5-10H,3-4H2,1-2H3,(H,15,16,17). The molecule has 1 N–H and O–H groups in total. The summed E-state index contributed by atoms with van der Waals surface area (Å²) in [5.74, 6) is 0.649. The number of hydrogen-bond donors (Lipinski definition) is 1. The van der Waals surface area contributed by atoms with Crippen LogP contribution in [0.1, 0.15) is 18.9 Å². The van der Waals surface area contributed by atoms with Crippen LogP contribution < -0.4 is 5.32 Å². The lowest BCUT2D eigenvalue weighted by Crippen LogP contribution is -1.95. The Morgan fingerprint density at radius 2 is 1.65 bits per heavy atom. The van der Waals surface area contributed by atoms with Crippen LogP contribution in [0.15, 0.2) is 36.7 Å². The summed E-state index contributed by atoms with van der Waals surface area (Å²) in [4.78, 5) is 8.42. The first-order chi connectivity index (χ1) is 8.33. The maximum atomic E-state index is 4.21. The topological polar surface area (TPSA) is 37.8 Å². The first kappa shape index (κ1) is 11.6. The molecule has 0 saturated heterocycles. The number of benzene rings is 1. The van der Waals surface area contributed by atoms with Crippen LogP contribution in [-0.2, 0) is 6.42 Å². The molecule has 1 heterocycles. The Morgan fingerprint density at radius 1 is 1.00 bits per heavy atom. The molecule has 1 aromatic heterocycles. The fraction of sp³-hybridized carbons (Fsp3) is 0.286. The monoisotopic (exact) mass is 227 g/mol. The molecule has 0 atom stereocenters. The molecule has 0 unspecified atom stereocenters. The quantitative estimate of drug-likeness (QED) is 0.872. The van der Waals surface area contributed by atoms with Crippen LogP contribution in [0.3, 0.4) is 0 Å². The van der Waals surface area contributed by atoms with Crippen LogP contribution in [0, 0.1) is 0 Å². The van der Waals surface area contributed by atoms with Crippen molar-refractivity contribution in [1.29, 1.82) is 0 Å². The average Bonchev–Trinajstić information content (AvgIpc) is 2.40. The molecule has 2 aromatic rings. The van der Waals surface area contributed by atoms with Crippen molar-refractivity contribution in [3.05, 3.63) is 42.2 Å². The molecule has 0 fully saturated rings. The van der Waals surface area contributed by atoms with Crippen LogP contribution in [0.4, 0.5) is 5.95 Å². The van der Waals surface area contributed by atoms with E-state index in [1.807, 2.05) is 19.4 Å². The van der Waals surface area contributed by atoms with Gasteiger partial charge < -0.3 is 5.32 Å². The highest BCUT2D eigenvalue weighted by atomic mass is 15.1. The smallest absolute Gasteiger partial charge is 0.222 e. The van der Waals surface area contributed by atoms with E-state index in [9.17, 15) is 0 Å². The first-order valence-corrected chi connectivity index (χ1v) is 5.92. The van der Waals surface area contributed by atoms with Crippen molar-refractivity contribution in [2.24, 2.45) is 0 Å². The number of aromatic nitrogens is 2. The number of hydrogen-bond acceptors (Lipinski definition) is 3. The highest BCUT2D eigenvalue weighted by Crippen LogP contribution is 2.19. The van der Waals surface area contributed by atoms with Crippen molar-refractivity contribution in [2.75, 3.05) is 12.4 Å². The fourth-order valence-corrected chi connectivity index (χ4v) is 1.76. The maximum absolute atomic E-state index is 4.21. The van der Waals surface area contributed by atoms with Crippen molar-refractivity contribution in [2.45, 2.75) is 19.8 Å². The van der Waals surface area contributed by atoms with Crippen molar-refractivity contribution < 1.29 is 0 Å². The molecule has 0 saturated carbocycles. The Kier molecular flexibility index (Phi) is 3.70. The van der Waals surface area contributed by atoms with Crippen LogP contribution in [0.2, 0.25) is 0 Å². The van der Waals surface area contributed by atoms with Gasteiger partial charge in [0.15, 0.2) is 0 Å². The minimum absolute atomic E-state index is 0.649. The zero-order valence-electron chi connectivity index (χ0n) is 10.3. The van der Waals surface area contributed by atoms with Crippen molar-refractivity contribution >= 4 is 5.95 Å². The molecule has 0 aliphatic rings. The van der Waals surface area contributed by atoms with Crippen LogP contribution in [-0.4, -0.2) is 17.0 Å². The summed E-state index contributed by atoms with van der Waals surface area (Å²) in [6.07, 6.45) is 6.00. The van der Waals surface area contributed by atoms with Gasteiger partial charge in [-0.3, -0.25) is 0 Å². The summed E-state index contributed by atoms with van der Waals surface area (Å²) in [6.45, 7) is 2.19. The second-order valence-electron chi connectivity index (χ2n) is 3.99. The summed E-state index contributed by atoms with van der Waals surface area (Å²) >= 11 is 0. The zero-order valence-corrected chi connectivity index (χ0v) is 10.3. The first-order valence-electron chi connectivity index (χ1n) is 5.92. The highest BCUT2D eigenvalue weighted by Gasteiger charge is 1.99. The lowest BCUT2D eigenvalue weighted by Gasteiger charge is -2.04. The third kappa shape index (κ3) is 2.81. The summed E-state index contributed by atoms with van der Waals surface area (Å²) in [5, 5.41) is 2.91. The van der Waals surface area contributed by atoms with Gasteiger partial charge in [0, 0.05) is 25.0 Å². The second kappa shape index (κ2) is 5.43. The third-order valence-electron chi connectivity index (χ3n) is 2.70. The molecule has 0 radical (unpaired) electrons. The van der Waals surface area contributed by atoms with E-state index >= 15 is 0 Å². The number of rotatable bonds is 4. The molecule has 0 amide bonds. The van der Waals surface area contributed by atoms with E-state index in [1.165, 1.54) is 12.0 Å². The molecule has 0 aliphatic carbocycles. The van der Waals surface area contributed by atoms with Crippen LogP contribution >= 0.6 is 0 Å². The molecule has 17 heavy (non-hydrogen) atoms. The van der Waals surface area contributed by atoms with Gasteiger partial charge in [-0.05, 0) is 17.5 Å². The van der Waals surface area contributed by atoms with Gasteiger partial charge >= 0.3 is 0 Å². The normalized spacial score (nSPS) is 10.2. The van der Waals surface area contributed by atoms with Crippen LogP contribution in [0.25, 0.3) is 11.1 Å². The van der Waals surface area contributed by atoms with E-state index in [1.54, 1.807) is 0 Å². The molecular formula is C14H17N3. The summed E-state index contributed by atoms with van der Waals surface area (Å²) in [6, 6.07) is 8.60. The predicted molar refractivity (Wildman–Crippen MR) is 71.0 cm³/mol. The molecule has 1 aromatic carbocycles. The molecule has 2 rings (SSSR count). The minimum Gasteiger partial charge on any atom is -0.357 e. The van der Waals surface area contributed by atoms with Gasteiger partial charge in [0.1, 0.15) is 0 Å². The van der Waals surface area contributed by atoms with Crippen molar-refractivity contribution in [3.8, 4) is 11.1 Å². The summed E-state index contributed by atoms with van der Waals surface area (Å²) < 4.78 is 0. The largest absolute Gasteiger partial charge is 0.357 e. The van der Waals surface area contributed by atoms with E-state index in [0.717, 1.165) is 17.5 Å². The minimum atomic E-state index is 0.649. The summed E-state index contributed by atoms with van der Waals surface area (Å²) in [7, 11) is 1.81. The number of aryl methyl sites for hydroxylation is 1. The fourth-order valence-electron chi connectivity index (χ4n) is 1.76. The average molecular weight is 227 g/mol. The van der Waals surface area contributed by atoms with Gasteiger partial charge in [-0.25, -0.2) is 9.97 Å². The molecular weight excluding hydrogens is 210 g/mol. The van der Waals surface area contributed by atoms with Gasteiger partial charge in [0.05, 0.1) is 0 Å². The molecule has 3 nitrogen and oxygen atoms in total. The predicted octanol–water partition coefficient (Wildman–Crippen LogP) is 3.14. The van der Waals surface area contributed by atoms with Gasteiger partial charge in [0.2, 0.25) is 5.95 Å². The zero-order chi connectivity index (χ0) is 12.1. The van der Waals surface area contributed by atoms with Crippen LogP contribution in [0.5, 0.6) is 0 Å². The molecule has 0 bridgehead atoms. The summed E-state index contributed by atoms with van der Waals surface area (Å²) in [5.41, 5.74) is 3.59. The van der Waals surface area contributed by atoms with Gasteiger partial charge in [-0.15, -0.1) is 0 Å². The lowest BCUT2D eigenvalue weighted by atomic mass is 10.0. The maximum Gasteiger partial charge on any atom is 0.222 e. The SMILES string of the molecule is CCCc1ccc(-c2cnc(NC)nc2)cc1. The number of anilines is 1. The van der Waals surface area contributed by atoms with Crippen molar-refractivity contribution in [1.82, 2.24) is 9.97 Å². The van der Waals surface area contributed by atoms with E-state index in [4.69, 9.17) is 0 Å². The van der Waals surface area contributed by atoms with E-state index in [2.05, 4.69) is 46.5 Å². The Labute approximate surface area is 102 Å². The van der Waals surface area contributed by atoms with E-state index in [-0.39, 0.29) is 0 Å². The third-order valence-corrected chi connectivity index (χ3v) is 2.70. The van der Waals surface area contributed by atoms with Gasteiger partial charge in [0.25, 0.3) is 0 Å². The lowest BCUT2D eigenvalue weighted by molar-refractivity contribution is 0.922. The Balaban J connectivity index is 2.20. The molecule has 3 heteroatoms.